The summed E-state index contributed by atoms with van der Waals surface area (Å²) in [5.41, 5.74) is 0.756. The van der Waals surface area contributed by atoms with E-state index in [0.717, 1.165) is 50.9 Å². The molecule has 0 aromatic heterocycles. The van der Waals surface area contributed by atoms with Gasteiger partial charge >= 0.3 is 0 Å². The maximum atomic E-state index is 11.4. The zero-order valence-electron chi connectivity index (χ0n) is 8.31. The molecule has 1 saturated heterocycles. The van der Waals surface area contributed by atoms with Gasteiger partial charge in [0.25, 0.3) is 5.91 Å². The van der Waals surface area contributed by atoms with Crippen molar-refractivity contribution in [1.29, 1.82) is 0 Å². The molecule has 1 heterocycles. The largest absolute Gasteiger partial charge is 0.351 e. The zero-order valence-corrected chi connectivity index (χ0v) is 8.31. The first-order chi connectivity index (χ1) is 6.34. The van der Waals surface area contributed by atoms with Gasteiger partial charge in [0, 0.05) is 13.1 Å². The third kappa shape index (κ3) is 3.57. The second-order valence-corrected chi connectivity index (χ2v) is 3.39. The Morgan fingerprint density at radius 2 is 2.31 bits per heavy atom. The van der Waals surface area contributed by atoms with E-state index in [1.807, 2.05) is 0 Å². The Morgan fingerprint density at radius 3 is 3.08 bits per heavy atom. The summed E-state index contributed by atoms with van der Waals surface area (Å²) in [6.45, 7) is 3.75. The number of unbranched alkanes of at least 4 members (excludes halogenated alkanes) is 1. The second kappa shape index (κ2) is 5.73. The Hall–Kier alpha value is -0.860. The van der Waals surface area contributed by atoms with Crippen molar-refractivity contribution in [1.82, 2.24) is 5.32 Å². The molecular formula is C10H18N2O. The first kappa shape index (κ1) is 10.2. The highest BCUT2D eigenvalue weighted by molar-refractivity contribution is 6.39. The van der Waals surface area contributed by atoms with Crippen LogP contribution in [0.2, 0.25) is 0 Å². The lowest BCUT2D eigenvalue weighted by molar-refractivity contribution is -0.114. The van der Waals surface area contributed by atoms with Gasteiger partial charge in [-0.3, -0.25) is 9.79 Å². The highest BCUT2D eigenvalue weighted by Crippen LogP contribution is 2.03. The van der Waals surface area contributed by atoms with Gasteiger partial charge in [-0.2, -0.15) is 0 Å². The average molecular weight is 182 g/mol. The molecule has 13 heavy (non-hydrogen) atoms. The van der Waals surface area contributed by atoms with E-state index in [2.05, 4.69) is 17.2 Å². The van der Waals surface area contributed by atoms with Gasteiger partial charge in [0.05, 0.1) is 5.71 Å². The van der Waals surface area contributed by atoms with Gasteiger partial charge < -0.3 is 5.32 Å². The summed E-state index contributed by atoms with van der Waals surface area (Å²) in [6, 6.07) is 0. The molecule has 1 aliphatic heterocycles. The van der Waals surface area contributed by atoms with Crippen molar-refractivity contribution >= 4 is 11.6 Å². The maximum absolute atomic E-state index is 11.4. The second-order valence-electron chi connectivity index (χ2n) is 3.39. The zero-order chi connectivity index (χ0) is 9.52. The molecule has 1 aliphatic rings. The van der Waals surface area contributed by atoms with Crippen molar-refractivity contribution in [2.75, 3.05) is 13.1 Å². The molecule has 1 rings (SSSR count). The Morgan fingerprint density at radius 1 is 1.46 bits per heavy atom. The van der Waals surface area contributed by atoms with E-state index < -0.39 is 0 Å². The third-order valence-corrected chi connectivity index (χ3v) is 2.20. The van der Waals surface area contributed by atoms with E-state index in [1.165, 1.54) is 0 Å². The van der Waals surface area contributed by atoms with Crippen LogP contribution in [0.3, 0.4) is 0 Å². The van der Waals surface area contributed by atoms with Crippen molar-refractivity contribution in [2.24, 2.45) is 4.99 Å². The monoisotopic (exact) mass is 182 g/mol. The van der Waals surface area contributed by atoms with Crippen LogP contribution in [0.15, 0.2) is 4.99 Å². The van der Waals surface area contributed by atoms with E-state index in [4.69, 9.17) is 0 Å². The molecule has 1 fully saturated rings. The van der Waals surface area contributed by atoms with Gasteiger partial charge in [0.15, 0.2) is 0 Å². The highest BCUT2D eigenvalue weighted by Gasteiger charge is 2.13. The van der Waals surface area contributed by atoms with Gasteiger partial charge in [-0.1, -0.05) is 13.3 Å². The number of nitrogens with one attached hydrogen (secondary N) is 1. The molecule has 74 valence electrons. The summed E-state index contributed by atoms with van der Waals surface area (Å²) in [7, 11) is 0. The normalized spacial score (nSPS) is 21.3. The minimum Gasteiger partial charge on any atom is -0.351 e. The van der Waals surface area contributed by atoms with Crippen LogP contribution in [-0.4, -0.2) is 24.7 Å². The number of amides is 1. The lowest BCUT2D eigenvalue weighted by Crippen LogP contribution is -2.29. The van der Waals surface area contributed by atoms with Gasteiger partial charge in [-0.15, -0.1) is 0 Å². The molecule has 0 unspecified atom stereocenters. The molecule has 0 radical (unpaired) electrons. The maximum Gasteiger partial charge on any atom is 0.265 e. The van der Waals surface area contributed by atoms with Crippen molar-refractivity contribution in [2.45, 2.75) is 39.0 Å². The van der Waals surface area contributed by atoms with E-state index in [9.17, 15) is 4.79 Å². The van der Waals surface area contributed by atoms with Crippen LogP contribution in [0.4, 0.5) is 0 Å². The highest BCUT2D eigenvalue weighted by atomic mass is 16.1. The summed E-state index contributed by atoms with van der Waals surface area (Å²) in [5.74, 6) is 0.0496. The fourth-order valence-corrected chi connectivity index (χ4v) is 1.36. The number of aliphatic imine (C=N–C) groups is 1. The Bertz CT molecular complexity index is 199. The lowest BCUT2D eigenvalue weighted by atomic mass is 10.2. The summed E-state index contributed by atoms with van der Waals surface area (Å²) in [4.78, 5) is 15.7. The summed E-state index contributed by atoms with van der Waals surface area (Å²) < 4.78 is 0. The fraction of sp³-hybridized carbons (Fsp3) is 0.800. The van der Waals surface area contributed by atoms with Gasteiger partial charge in [-0.25, -0.2) is 0 Å². The summed E-state index contributed by atoms with van der Waals surface area (Å²) in [6.07, 6.45) is 5.24. The molecule has 0 aromatic carbocycles. The van der Waals surface area contributed by atoms with Crippen LogP contribution in [0.5, 0.6) is 0 Å². The molecule has 0 atom stereocenters. The molecule has 1 N–H and O–H groups in total. The molecule has 0 spiro atoms. The quantitative estimate of drug-likeness (QED) is 0.661. The van der Waals surface area contributed by atoms with Gasteiger partial charge in [-0.05, 0) is 25.7 Å². The molecule has 0 aromatic rings. The number of carbonyl (C=O) groups is 1. The van der Waals surface area contributed by atoms with Crippen LogP contribution in [0.25, 0.3) is 0 Å². The minimum absolute atomic E-state index is 0.0496. The van der Waals surface area contributed by atoms with E-state index in [-0.39, 0.29) is 5.91 Å². The molecule has 1 amide bonds. The van der Waals surface area contributed by atoms with Crippen molar-refractivity contribution in [3.63, 3.8) is 0 Å². The predicted molar refractivity (Wildman–Crippen MR) is 54.1 cm³/mol. The van der Waals surface area contributed by atoms with Crippen LogP contribution < -0.4 is 5.32 Å². The SMILES string of the molecule is CCCCN=C1CCCCNC1=O. The van der Waals surface area contributed by atoms with Crippen LogP contribution in [-0.2, 0) is 4.79 Å². The first-order valence-electron chi connectivity index (χ1n) is 5.16. The van der Waals surface area contributed by atoms with E-state index in [0.29, 0.717) is 0 Å². The third-order valence-electron chi connectivity index (χ3n) is 2.20. The van der Waals surface area contributed by atoms with Crippen LogP contribution in [0, 0.1) is 0 Å². The standard InChI is InChI=1S/C10H18N2O/c1-2-3-7-11-9-6-4-5-8-12-10(9)13/h2-8H2,1H3,(H,12,13). The lowest BCUT2D eigenvalue weighted by Gasteiger charge is -2.00. The molecule has 3 heteroatoms. The number of carbonyl (C=O) groups excluding carboxylic acids is 1. The molecule has 0 bridgehead atoms. The van der Waals surface area contributed by atoms with Gasteiger partial charge in [0.2, 0.25) is 0 Å². The Kier molecular flexibility index (Phi) is 4.50. The first-order valence-corrected chi connectivity index (χ1v) is 5.16. The Labute approximate surface area is 79.6 Å². The smallest absolute Gasteiger partial charge is 0.265 e. The molecule has 0 saturated carbocycles. The summed E-state index contributed by atoms with van der Waals surface area (Å²) >= 11 is 0. The molecule has 3 nitrogen and oxygen atoms in total. The average Bonchev–Trinajstić information content (AvgIpc) is 2.32. The number of hydrogen-bond donors (Lipinski definition) is 1. The fourth-order valence-electron chi connectivity index (χ4n) is 1.36. The predicted octanol–water partition coefficient (Wildman–Crippen LogP) is 1.53. The van der Waals surface area contributed by atoms with Gasteiger partial charge in [0.1, 0.15) is 0 Å². The van der Waals surface area contributed by atoms with Crippen LogP contribution in [0.1, 0.15) is 39.0 Å². The number of rotatable bonds is 3. The summed E-state index contributed by atoms with van der Waals surface area (Å²) in [5, 5.41) is 2.85. The van der Waals surface area contributed by atoms with E-state index >= 15 is 0 Å². The van der Waals surface area contributed by atoms with Crippen LogP contribution >= 0.6 is 0 Å². The van der Waals surface area contributed by atoms with E-state index in [1.54, 1.807) is 0 Å². The number of nitrogens with zero attached hydrogens (tertiary/aromatic N) is 1. The topological polar surface area (TPSA) is 41.5 Å². The van der Waals surface area contributed by atoms with Crippen molar-refractivity contribution in [3.05, 3.63) is 0 Å². The molecular weight excluding hydrogens is 164 g/mol. The number of hydrogen-bond acceptors (Lipinski definition) is 2. The van der Waals surface area contributed by atoms with Crippen molar-refractivity contribution in [3.8, 4) is 0 Å². The Balaban J connectivity index is 2.43. The minimum atomic E-state index is 0.0496. The molecule has 0 aliphatic carbocycles. The van der Waals surface area contributed by atoms with Crippen molar-refractivity contribution < 1.29 is 4.79 Å².